The molecule has 2 rings (SSSR count). The molecule has 0 saturated carbocycles. The van der Waals surface area contributed by atoms with Gasteiger partial charge in [-0.05, 0) is 24.3 Å². The van der Waals surface area contributed by atoms with E-state index in [2.05, 4.69) is 4.98 Å². The van der Waals surface area contributed by atoms with Crippen LogP contribution in [0.1, 0.15) is 5.69 Å². The van der Waals surface area contributed by atoms with Crippen LogP contribution in [0.15, 0.2) is 36.4 Å². The lowest BCUT2D eigenvalue weighted by molar-refractivity contribution is 0.607. The van der Waals surface area contributed by atoms with E-state index in [1.807, 2.05) is 0 Å². The first-order chi connectivity index (χ1) is 7.72. The second kappa shape index (κ2) is 4.58. The summed E-state index contributed by atoms with van der Waals surface area (Å²) in [7, 11) is 0. The van der Waals surface area contributed by atoms with Crippen LogP contribution in [-0.4, -0.2) is 4.98 Å². The van der Waals surface area contributed by atoms with Gasteiger partial charge in [0.2, 0.25) is 0 Å². The molecule has 0 aliphatic carbocycles. The van der Waals surface area contributed by atoms with E-state index in [1.54, 1.807) is 18.2 Å². The molecule has 0 unspecified atom stereocenters. The van der Waals surface area contributed by atoms with E-state index < -0.39 is 5.82 Å². The van der Waals surface area contributed by atoms with Crippen molar-refractivity contribution in [1.82, 2.24) is 4.98 Å². The zero-order valence-corrected chi connectivity index (χ0v) is 9.01. The lowest BCUT2D eigenvalue weighted by atomic mass is 10.1. The molecule has 1 aromatic carbocycles. The van der Waals surface area contributed by atoms with Gasteiger partial charge in [-0.2, -0.15) is 0 Å². The fraction of sp³-hybridized carbons (Fsp3) is 0.0833. The molecule has 0 aliphatic heterocycles. The van der Waals surface area contributed by atoms with Gasteiger partial charge in [0.15, 0.2) is 0 Å². The van der Waals surface area contributed by atoms with E-state index in [0.29, 0.717) is 11.3 Å². The summed E-state index contributed by atoms with van der Waals surface area (Å²) in [5.41, 5.74) is 0.853. The summed E-state index contributed by atoms with van der Waals surface area (Å²) in [6.07, 6.45) is 0. The SMILES string of the molecule is Fc1ccccc1-c1ccc(F)c(CCl)n1. The van der Waals surface area contributed by atoms with Crippen molar-refractivity contribution in [2.45, 2.75) is 5.88 Å². The van der Waals surface area contributed by atoms with Gasteiger partial charge in [0.25, 0.3) is 0 Å². The Balaban J connectivity index is 2.53. The van der Waals surface area contributed by atoms with E-state index in [4.69, 9.17) is 11.6 Å². The summed E-state index contributed by atoms with van der Waals surface area (Å²) in [6, 6.07) is 8.89. The lowest BCUT2D eigenvalue weighted by Crippen LogP contribution is -1.95. The number of hydrogen-bond donors (Lipinski definition) is 0. The minimum Gasteiger partial charge on any atom is -0.248 e. The van der Waals surface area contributed by atoms with Gasteiger partial charge in [0.1, 0.15) is 11.6 Å². The molecule has 0 radical (unpaired) electrons. The van der Waals surface area contributed by atoms with Crippen LogP contribution in [0, 0.1) is 11.6 Å². The zero-order valence-electron chi connectivity index (χ0n) is 8.25. The Hall–Kier alpha value is -1.48. The molecule has 0 amide bonds. The molecule has 4 heteroatoms. The van der Waals surface area contributed by atoms with Crippen molar-refractivity contribution in [3.8, 4) is 11.3 Å². The smallest absolute Gasteiger partial charge is 0.145 e. The molecule has 0 fully saturated rings. The monoisotopic (exact) mass is 239 g/mol. The van der Waals surface area contributed by atoms with Crippen LogP contribution in [0.4, 0.5) is 8.78 Å². The number of hydrogen-bond acceptors (Lipinski definition) is 1. The highest BCUT2D eigenvalue weighted by Gasteiger charge is 2.09. The highest BCUT2D eigenvalue weighted by atomic mass is 35.5. The largest absolute Gasteiger partial charge is 0.248 e. The fourth-order valence-corrected chi connectivity index (χ4v) is 1.58. The van der Waals surface area contributed by atoms with Crippen LogP contribution in [0.5, 0.6) is 0 Å². The average Bonchev–Trinajstić information content (AvgIpc) is 2.31. The molecular weight excluding hydrogens is 232 g/mol. The van der Waals surface area contributed by atoms with Crippen LogP contribution < -0.4 is 0 Å². The van der Waals surface area contributed by atoms with E-state index in [1.165, 1.54) is 18.2 Å². The zero-order chi connectivity index (χ0) is 11.5. The lowest BCUT2D eigenvalue weighted by Gasteiger charge is -2.04. The van der Waals surface area contributed by atoms with Crippen LogP contribution >= 0.6 is 11.6 Å². The summed E-state index contributed by atoms with van der Waals surface area (Å²) in [4.78, 5) is 3.97. The molecule has 0 bridgehead atoms. The Morgan fingerprint density at radius 3 is 2.44 bits per heavy atom. The van der Waals surface area contributed by atoms with Gasteiger partial charge in [-0.15, -0.1) is 11.6 Å². The van der Waals surface area contributed by atoms with Crippen molar-refractivity contribution in [3.63, 3.8) is 0 Å². The number of halogens is 3. The Morgan fingerprint density at radius 1 is 1.00 bits per heavy atom. The van der Waals surface area contributed by atoms with Crippen LogP contribution in [-0.2, 0) is 5.88 Å². The van der Waals surface area contributed by atoms with Crippen molar-refractivity contribution in [2.75, 3.05) is 0 Å². The minimum atomic E-state index is -0.477. The van der Waals surface area contributed by atoms with Crippen molar-refractivity contribution in [2.24, 2.45) is 0 Å². The molecule has 1 aromatic heterocycles. The second-order valence-electron chi connectivity index (χ2n) is 3.24. The predicted molar refractivity (Wildman–Crippen MR) is 59.1 cm³/mol. The third-order valence-corrected chi connectivity index (χ3v) is 2.45. The molecule has 0 saturated heterocycles. The number of alkyl halides is 1. The molecule has 82 valence electrons. The third kappa shape index (κ3) is 2.04. The van der Waals surface area contributed by atoms with Gasteiger partial charge in [-0.1, -0.05) is 12.1 Å². The number of aromatic nitrogens is 1. The van der Waals surface area contributed by atoms with Crippen molar-refractivity contribution in [1.29, 1.82) is 0 Å². The average molecular weight is 240 g/mol. The number of benzene rings is 1. The minimum absolute atomic E-state index is 0.0336. The van der Waals surface area contributed by atoms with Crippen molar-refractivity contribution >= 4 is 11.6 Å². The van der Waals surface area contributed by atoms with Crippen LogP contribution in [0.3, 0.4) is 0 Å². The molecular formula is C12H8ClF2N. The quantitative estimate of drug-likeness (QED) is 0.727. The molecule has 2 aromatic rings. The summed E-state index contributed by atoms with van der Waals surface area (Å²) < 4.78 is 26.6. The van der Waals surface area contributed by atoms with Crippen molar-refractivity contribution in [3.05, 3.63) is 53.7 Å². The number of rotatable bonds is 2. The first-order valence-electron chi connectivity index (χ1n) is 4.68. The molecule has 1 nitrogen and oxygen atoms in total. The van der Waals surface area contributed by atoms with Crippen LogP contribution in [0.25, 0.3) is 11.3 Å². The third-order valence-electron chi connectivity index (χ3n) is 2.20. The normalized spacial score (nSPS) is 10.4. The van der Waals surface area contributed by atoms with Gasteiger partial charge in [-0.25, -0.2) is 13.8 Å². The van der Waals surface area contributed by atoms with Gasteiger partial charge in [-0.3, -0.25) is 0 Å². The highest BCUT2D eigenvalue weighted by molar-refractivity contribution is 6.16. The Labute approximate surface area is 96.7 Å². The molecule has 0 aliphatic rings. The highest BCUT2D eigenvalue weighted by Crippen LogP contribution is 2.22. The van der Waals surface area contributed by atoms with Gasteiger partial charge in [0.05, 0.1) is 17.3 Å². The second-order valence-corrected chi connectivity index (χ2v) is 3.51. The maximum absolute atomic E-state index is 13.4. The number of pyridine rings is 1. The maximum atomic E-state index is 13.4. The van der Waals surface area contributed by atoms with Crippen molar-refractivity contribution < 1.29 is 8.78 Å². The summed E-state index contributed by atoms with van der Waals surface area (Å²) in [5, 5.41) is 0. The van der Waals surface area contributed by atoms with Gasteiger partial charge >= 0.3 is 0 Å². The van der Waals surface area contributed by atoms with Gasteiger partial charge < -0.3 is 0 Å². The fourth-order valence-electron chi connectivity index (χ4n) is 1.40. The molecule has 0 atom stereocenters. The number of nitrogens with zero attached hydrogens (tertiary/aromatic N) is 1. The summed E-state index contributed by atoms with van der Waals surface area (Å²) in [5.74, 6) is -0.897. The Kier molecular flexibility index (Phi) is 3.15. The van der Waals surface area contributed by atoms with E-state index >= 15 is 0 Å². The first-order valence-corrected chi connectivity index (χ1v) is 5.22. The topological polar surface area (TPSA) is 12.9 Å². The molecule has 16 heavy (non-hydrogen) atoms. The maximum Gasteiger partial charge on any atom is 0.145 e. The first kappa shape index (κ1) is 11.0. The van der Waals surface area contributed by atoms with E-state index in [0.717, 1.165) is 0 Å². The van der Waals surface area contributed by atoms with Gasteiger partial charge in [0, 0.05) is 5.56 Å². The summed E-state index contributed by atoms with van der Waals surface area (Å²) >= 11 is 5.54. The predicted octanol–water partition coefficient (Wildman–Crippen LogP) is 3.77. The molecule has 0 N–H and O–H groups in total. The molecule has 1 heterocycles. The Morgan fingerprint density at radius 2 is 1.75 bits per heavy atom. The Bertz CT molecular complexity index is 514. The van der Waals surface area contributed by atoms with E-state index in [9.17, 15) is 8.78 Å². The standard InChI is InChI=1S/C12H8ClF2N/c13-7-12-10(15)5-6-11(16-12)8-3-1-2-4-9(8)14/h1-6H,7H2. The van der Waals surface area contributed by atoms with Crippen LogP contribution in [0.2, 0.25) is 0 Å². The molecule has 0 spiro atoms. The van der Waals surface area contributed by atoms with E-state index in [-0.39, 0.29) is 17.4 Å². The summed E-state index contributed by atoms with van der Waals surface area (Å²) in [6.45, 7) is 0.